The van der Waals surface area contributed by atoms with Crippen LogP contribution >= 0.6 is 0 Å². The minimum atomic E-state index is -1.01. The Morgan fingerprint density at radius 3 is 1.69 bits per heavy atom. The van der Waals surface area contributed by atoms with Gasteiger partial charge in [0, 0.05) is 38.2 Å². The molecule has 12 nitrogen and oxygen atoms in total. The fourth-order valence-electron chi connectivity index (χ4n) is 6.59. The van der Waals surface area contributed by atoms with Crippen molar-refractivity contribution in [2.45, 2.75) is 83.0 Å². The van der Waals surface area contributed by atoms with E-state index in [1.807, 2.05) is 92.7 Å². The van der Waals surface area contributed by atoms with E-state index >= 15 is 0 Å². The highest BCUT2D eigenvalue weighted by Gasteiger charge is 2.34. The predicted molar refractivity (Wildman–Crippen MR) is 210 cm³/mol. The van der Waals surface area contributed by atoms with E-state index in [2.05, 4.69) is 16.0 Å². The van der Waals surface area contributed by atoms with Gasteiger partial charge in [0.05, 0.1) is 6.04 Å². The molecule has 12 heteroatoms. The fraction of sp³-hybridized carbons (Fsp3) is 0.452. The van der Waals surface area contributed by atoms with Crippen molar-refractivity contribution in [1.29, 1.82) is 0 Å². The van der Waals surface area contributed by atoms with Crippen molar-refractivity contribution < 1.29 is 24.0 Å². The van der Waals surface area contributed by atoms with E-state index in [9.17, 15) is 24.0 Å². The van der Waals surface area contributed by atoms with Gasteiger partial charge in [0.1, 0.15) is 18.1 Å². The molecule has 0 radical (unpaired) electrons. The molecule has 1 aliphatic rings. The topological polar surface area (TPSA) is 180 Å². The van der Waals surface area contributed by atoms with Gasteiger partial charge < -0.3 is 37.2 Å². The van der Waals surface area contributed by atoms with Gasteiger partial charge in [0.15, 0.2) is 0 Å². The maximum absolute atomic E-state index is 14.0. The minimum absolute atomic E-state index is 0.0245. The number of unbranched alkanes of at least 4 members (excludes halogenated alkanes) is 2. The molecule has 4 atom stereocenters. The second-order valence-electron chi connectivity index (χ2n) is 14.4. The molecule has 3 aromatic carbocycles. The molecule has 1 saturated heterocycles. The zero-order chi connectivity index (χ0) is 38.9. The van der Waals surface area contributed by atoms with Gasteiger partial charge in [0.25, 0.3) is 5.91 Å². The first-order chi connectivity index (χ1) is 26.0. The highest BCUT2D eigenvalue weighted by atomic mass is 16.2. The maximum Gasteiger partial charge on any atom is 0.253 e. The molecular formula is C42H57N7O5. The van der Waals surface area contributed by atoms with E-state index in [0.717, 1.165) is 24.0 Å². The maximum atomic E-state index is 14.0. The van der Waals surface area contributed by atoms with Crippen LogP contribution in [0.4, 0.5) is 0 Å². The smallest absolute Gasteiger partial charge is 0.253 e. The molecule has 1 fully saturated rings. The zero-order valence-corrected chi connectivity index (χ0v) is 31.6. The number of carbonyl (C=O) groups is 5. The first-order valence-corrected chi connectivity index (χ1v) is 19.1. The Morgan fingerprint density at radius 2 is 1.11 bits per heavy atom. The standard InChI is InChI=1S/C42H57N7O5/c1-30(2)27-36(47-40(52)37(29-32-17-9-4-10-18-32)46-38(50)34(44)28-31-15-7-3-8-16-31)39(51)45-35(21-13-6-14-22-43)42(54)49-25-23-48(24-26-49)41(53)33-19-11-5-12-20-33/h3-5,7-12,15-20,30,34-37H,6,13-14,21-29,43-44H2,1-2H3,(H,45,51)(H,46,50)(H,47,52)/t34-,35-,36-,37-/m1/s1. The lowest BCUT2D eigenvalue weighted by atomic mass is 9.99. The van der Waals surface area contributed by atoms with Crippen LogP contribution in [0, 0.1) is 5.92 Å². The normalized spacial score (nSPS) is 15.1. The SMILES string of the molecule is CC(C)C[C@@H](NC(=O)[C@@H](Cc1ccccc1)NC(=O)[C@H](N)Cc1ccccc1)C(=O)N[C@H](CCCCCN)C(=O)N1CCN(C(=O)c2ccccc2)CC1. The van der Waals surface area contributed by atoms with Crippen LogP contribution in [0.3, 0.4) is 0 Å². The van der Waals surface area contributed by atoms with Crippen LogP contribution in [0.1, 0.15) is 67.4 Å². The van der Waals surface area contributed by atoms with Crippen molar-refractivity contribution in [1.82, 2.24) is 25.8 Å². The summed E-state index contributed by atoms with van der Waals surface area (Å²) in [6.45, 7) is 5.86. The Balaban J connectivity index is 1.46. The predicted octanol–water partition coefficient (Wildman–Crippen LogP) is 2.80. The van der Waals surface area contributed by atoms with Crippen molar-refractivity contribution in [2.75, 3.05) is 32.7 Å². The Morgan fingerprint density at radius 1 is 0.611 bits per heavy atom. The third-order valence-electron chi connectivity index (χ3n) is 9.60. The second-order valence-corrected chi connectivity index (χ2v) is 14.4. The van der Waals surface area contributed by atoms with Gasteiger partial charge in [-0.1, -0.05) is 106 Å². The third kappa shape index (κ3) is 13.1. The fourth-order valence-corrected chi connectivity index (χ4v) is 6.59. The number of rotatable bonds is 19. The van der Waals surface area contributed by atoms with E-state index in [1.54, 1.807) is 21.9 Å². The number of piperazine rings is 1. The molecule has 0 aromatic heterocycles. The lowest BCUT2D eigenvalue weighted by Crippen LogP contribution is -2.60. The number of benzene rings is 3. The zero-order valence-electron chi connectivity index (χ0n) is 31.6. The molecule has 0 bridgehead atoms. The molecule has 290 valence electrons. The van der Waals surface area contributed by atoms with Gasteiger partial charge in [-0.3, -0.25) is 24.0 Å². The van der Waals surface area contributed by atoms with Crippen molar-refractivity contribution in [3.63, 3.8) is 0 Å². The Kier molecular flexibility index (Phi) is 16.7. The number of hydrogen-bond donors (Lipinski definition) is 5. The molecule has 7 N–H and O–H groups in total. The molecule has 0 aliphatic carbocycles. The van der Waals surface area contributed by atoms with Gasteiger partial charge in [0.2, 0.25) is 23.6 Å². The largest absolute Gasteiger partial charge is 0.343 e. The summed E-state index contributed by atoms with van der Waals surface area (Å²) in [5.41, 5.74) is 14.3. The minimum Gasteiger partial charge on any atom is -0.343 e. The Hall–Kier alpha value is -5.07. The van der Waals surface area contributed by atoms with Gasteiger partial charge in [-0.2, -0.15) is 0 Å². The van der Waals surface area contributed by atoms with Crippen LogP contribution in [0.15, 0.2) is 91.0 Å². The molecule has 3 aromatic rings. The lowest BCUT2D eigenvalue weighted by Gasteiger charge is -2.37. The highest BCUT2D eigenvalue weighted by Crippen LogP contribution is 2.15. The van der Waals surface area contributed by atoms with Crippen molar-refractivity contribution in [3.05, 3.63) is 108 Å². The van der Waals surface area contributed by atoms with Gasteiger partial charge in [-0.15, -0.1) is 0 Å². The summed E-state index contributed by atoms with van der Waals surface area (Å²) >= 11 is 0. The van der Waals surface area contributed by atoms with Crippen LogP contribution in [-0.2, 0) is 32.0 Å². The van der Waals surface area contributed by atoms with E-state index in [0.29, 0.717) is 64.0 Å². The van der Waals surface area contributed by atoms with E-state index in [1.165, 1.54) is 0 Å². The summed E-state index contributed by atoms with van der Waals surface area (Å²) in [4.78, 5) is 71.8. The molecule has 0 saturated carbocycles. The van der Waals surface area contributed by atoms with Crippen LogP contribution < -0.4 is 27.4 Å². The van der Waals surface area contributed by atoms with Crippen LogP contribution in [0.25, 0.3) is 0 Å². The van der Waals surface area contributed by atoms with Gasteiger partial charge >= 0.3 is 0 Å². The summed E-state index contributed by atoms with van der Waals surface area (Å²) < 4.78 is 0. The summed E-state index contributed by atoms with van der Waals surface area (Å²) in [5.74, 6) is -1.76. The molecular weight excluding hydrogens is 683 g/mol. The van der Waals surface area contributed by atoms with Crippen molar-refractivity contribution in [2.24, 2.45) is 17.4 Å². The second kappa shape index (κ2) is 21.6. The monoisotopic (exact) mass is 739 g/mol. The molecule has 0 unspecified atom stereocenters. The average Bonchev–Trinajstić information content (AvgIpc) is 3.18. The Bertz CT molecular complexity index is 1630. The molecule has 0 spiro atoms. The summed E-state index contributed by atoms with van der Waals surface area (Å²) in [6, 6.07) is 24.1. The number of hydrogen-bond acceptors (Lipinski definition) is 7. The van der Waals surface area contributed by atoms with Crippen LogP contribution in [0.2, 0.25) is 0 Å². The first-order valence-electron chi connectivity index (χ1n) is 19.1. The van der Waals surface area contributed by atoms with Gasteiger partial charge in [-0.25, -0.2) is 0 Å². The summed E-state index contributed by atoms with van der Waals surface area (Å²) in [5, 5.41) is 8.72. The highest BCUT2D eigenvalue weighted by molar-refractivity contribution is 5.96. The first kappa shape index (κ1) is 41.7. The summed E-state index contributed by atoms with van der Waals surface area (Å²) in [7, 11) is 0. The number of nitrogens with two attached hydrogens (primary N) is 2. The van der Waals surface area contributed by atoms with E-state index in [4.69, 9.17) is 11.5 Å². The number of carbonyl (C=O) groups excluding carboxylic acids is 5. The molecule has 54 heavy (non-hydrogen) atoms. The van der Waals surface area contributed by atoms with E-state index in [-0.39, 0.29) is 24.2 Å². The molecule has 1 heterocycles. The number of nitrogens with zero attached hydrogens (tertiary/aromatic N) is 2. The quantitative estimate of drug-likeness (QED) is 0.117. The molecule has 5 amide bonds. The van der Waals surface area contributed by atoms with E-state index < -0.39 is 41.9 Å². The molecule has 4 rings (SSSR count). The average molecular weight is 740 g/mol. The van der Waals surface area contributed by atoms with Gasteiger partial charge in [-0.05, 0) is 61.4 Å². The van der Waals surface area contributed by atoms with Crippen molar-refractivity contribution >= 4 is 29.5 Å². The lowest BCUT2D eigenvalue weighted by molar-refractivity contribution is -0.139. The van der Waals surface area contributed by atoms with Crippen molar-refractivity contribution in [3.8, 4) is 0 Å². The number of nitrogens with one attached hydrogen (secondary N) is 3. The Labute approximate surface area is 319 Å². The summed E-state index contributed by atoms with van der Waals surface area (Å²) in [6.07, 6.45) is 3.47. The molecule has 1 aliphatic heterocycles. The van der Waals surface area contributed by atoms with Crippen LogP contribution in [0.5, 0.6) is 0 Å². The van der Waals surface area contributed by atoms with Crippen LogP contribution in [-0.4, -0.2) is 96.2 Å². The third-order valence-corrected chi connectivity index (χ3v) is 9.60. The number of amides is 5.